The van der Waals surface area contributed by atoms with Crippen LogP contribution in [0.1, 0.15) is 5.56 Å². The minimum Gasteiger partial charge on any atom is -0.277 e. The standard InChI is InChI=1S/C40H25N3/c1-24-10-9-17-31(25-11-3-2-4-12-25)38(24)30-19-33-32-18-26-13-5-7-15-28(26)21-35(32)43-39(33)37(23-30)42-36-22-29-16-8-6-14-27(29)20-34(36)41-40(42)43/h2-23H,1H3. The Labute approximate surface area is 247 Å². The zero-order valence-corrected chi connectivity index (χ0v) is 23.5. The number of benzene rings is 7. The second kappa shape index (κ2) is 8.21. The lowest BCUT2D eigenvalue weighted by Crippen LogP contribution is -1.90. The van der Waals surface area contributed by atoms with Crippen LogP contribution in [0.15, 0.2) is 133 Å². The lowest BCUT2D eigenvalue weighted by molar-refractivity contribution is 1.22. The molecule has 3 nitrogen and oxygen atoms in total. The van der Waals surface area contributed by atoms with Crippen molar-refractivity contribution < 1.29 is 0 Å². The molecule has 10 aromatic rings. The molecule has 0 aliphatic carbocycles. The van der Waals surface area contributed by atoms with Crippen LogP contribution in [0.3, 0.4) is 0 Å². The van der Waals surface area contributed by atoms with Crippen molar-refractivity contribution in [1.82, 2.24) is 13.8 Å². The van der Waals surface area contributed by atoms with E-state index in [1.165, 1.54) is 76.7 Å². The second-order valence-electron chi connectivity index (χ2n) is 11.7. The summed E-state index contributed by atoms with van der Waals surface area (Å²) in [6.07, 6.45) is 0. The first-order valence-electron chi connectivity index (χ1n) is 14.8. The molecule has 0 fully saturated rings. The molecule has 0 amide bonds. The van der Waals surface area contributed by atoms with Crippen molar-refractivity contribution >= 4 is 65.7 Å². The van der Waals surface area contributed by atoms with Crippen LogP contribution in [-0.2, 0) is 0 Å². The number of imidazole rings is 2. The van der Waals surface area contributed by atoms with Gasteiger partial charge in [0.1, 0.15) is 0 Å². The summed E-state index contributed by atoms with van der Waals surface area (Å²) in [5.74, 6) is 0.959. The van der Waals surface area contributed by atoms with E-state index in [1.807, 2.05) is 0 Å². The molecule has 0 saturated carbocycles. The van der Waals surface area contributed by atoms with Gasteiger partial charge in [0.15, 0.2) is 0 Å². The third-order valence-electron chi connectivity index (χ3n) is 9.30. The fraction of sp³-hybridized carbons (Fsp3) is 0.0250. The van der Waals surface area contributed by atoms with Gasteiger partial charge in [0.05, 0.1) is 27.6 Å². The topological polar surface area (TPSA) is 21.7 Å². The van der Waals surface area contributed by atoms with Gasteiger partial charge in [-0.15, -0.1) is 0 Å². The monoisotopic (exact) mass is 547 g/mol. The maximum absolute atomic E-state index is 5.30. The zero-order valence-electron chi connectivity index (χ0n) is 23.5. The molecule has 0 N–H and O–H groups in total. The van der Waals surface area contributed by atoms with Crippen LogP contribution in [0.2, 0.25) is 0 Å². The molecule has 0 bridgehead atoms. The molecule has 0 aliphatic rings. The van der Waals surface area contributed by atoms with Gasteiger partial charge < -0.3 is 0 Å². The van der Waals surface area contributed by atoms with Crippen LogP contribution >= 0.6 is 0 Å². The van der Waals surface area contributed by atoms with Crippen molar-refractivity contribution in [2.45, 2.75) is 6.92 Å². The molecule has 43 heavy (non-hydrogen) atoms. The van der Waals surface area contributed by atoms with E-state index in [4.69, 9.17) is 4.98 Å². The molecule has 0 spiro atoms. The maximum Gasteiger partial charge on any atom is 0.220 e. The Morgan fingerprint density at radius 3 is 1.93 bits per heavy atom. The summed E-state index contributed by atoms with van der Waals surface area (Å²) >= 11 is 0. The summed E-state index contributed by atoms with van der Waals surface area (Å²) in [5.41, 5.74) is 12.0. The third kappa shape index (κ3) is 3.06. The van der Waals surface area contributed by atoms with Gasteiger partial charge in [0.25, 0.3) is 0 Å². The summed E-state index contributed by atoms with van der Waals surface area (Å²) in [5, 5.41) is 7.44. The van der Waals surface area contributed by atoms with Crippen molar-refractivity contribution in [3.63, 3.8) is 0 Å². The van der Waals surface area contributed by atoms with Crippen LogP contribution in [0.25, 0.3) is 87.9 Å². The lowest BCUT2D eigenvalue weighted by Gasteiger charge is -2.14. The van der Waals surface area contributed by atoms with E-state index in [0.717, 1.165) is 16.8 Å². The summed E-state index contributed by atoms with van der Waals surface area (Å²) in [4.78, 5) is 5.30. The Bertz CT molecular complexity index is 2730. The molecule has 0 radical (unpaired) electrons. The fourth-order valence-corrected chi connectivity index (χ4v) is 7.38. The predicted octanol–water partition coefficient (Wildman–Crippen LogP) is 10.4. The van der Waals surface area contributed by atoms with E-state index in [2.05, 4.69) is 149 Å². The maximum atomic E-state index is 5.30. The molecule has 0 unspecified atom stereocenters. The highest BCUT2D eigenvalue weighted by Gasteiger charge is 2.23. The van der Waals surface area contributed by atoms with Gasteiger partial charge in [0.2, 0.25) is 5.78 Å². The lowest BCUT2D eigenvalue weighted by atomic mass is 9.90. The zero-order chi connectivity index (χ0) is 28.2. The summed E-state index contributed by atoms with van der Waals surface area (Å²) in [6, 6.07) is 48.6. The molecular formula is C40H25N3. The Hall–Kier alpha value is -5.67. The molecular weight excluding hydrogens is 522 g/mol. The van der Waals surface area contributed by atoms with Crippen LogP contribution in [0.4, 0.5) is 0 Å². The minimum atomic E-state index is 0.959. The first-order chi connectivity index (χ1) is 21.2. The number of rotatable bonds is 2. The van der Waals surface area contributed by atoms with E-state index in [-0.39, 0.29) is 0 Å². The normalized spacial score (nSPS) is 12.3. The van der Waals surface area contributed by atoms with Gasteiger partial charge in [-0.3, -0.25) is 8.80 Å². The quantitative estimate of drug-likeness (QED) is 0.211. The number of aryl methyl sites for hydroxylation is 1. The highest BCUT2D eigenvalue weighted by molar-refractivity contribution is 6.20. The molecule has 0 saturated heterocycles. The Morgan fingerprint density at radius 2 is 1.16 bits per heavy atom. The predicted molar refractivity (Wildman–Crippen MR) is 180 cm³/mol. The third-order valence-corrected chi connectivity index (χ3v) is 9.30. The highest BCUT2D eigenvalue weighted by atomic mass is 15.2. The van der Waals surface area contributed by atoms with Crippen LogP contribution in [0, 0.1) is 6.92 Å². The first-order valence-corrected chi connectivity index (χ1v) is 14.8. The number of nitrogens with zero attached hydrogens (tertiary/aromatic N) is 3. The van der Waals surface area contributed by atoms with E-state index in [1.54, 1.807) is 0 Å². The first kappa shape index (κ1) is 23.0. The summed E-state index contributed by atoms with van der Waals surface area (Å²) in [6.45, 7) is 2.23. The second-order valence-corrected chi connectivity index (χ2v) is 11.7. The Morgan fingerprint density at radius 1 is 0.488 bits per heavy atom. The Balaban J connectivity index is 1.42. The number of hydrogen-bond donors (Lipinski definition) is 0. The van der Waals surface area contributed by atoms with E-state index in [0.29, 0.717) is 0 Å². The van der Waals surface area contributed by atoms with Crippen molar-refractivity contribution in [3.05, 3.63) is 139 Å². The van der Waals surface area contributed by atoms with E-state index >= 15 is 0 Å². The average Bonchev–Trinajstić information content (AvgIpc) is 3.67. The van der Waals surface area contributed by atoms with Crippen molar-refractivity contribution in [2.75, 3.05) is 0 Å². The van der Waals surface area contributed by atoms with Gasteiger partial charge in [-0.25, -0.2) is 4.98 Å². The van der Waals surface area contributed by atoms with Crippen LogP contribution < -0.4 is 0 Å². The number of aromatic nitrogens is 3. The van der Waals surface area contributed by atoms with Crippen molar-refractivity contribution in [2.24, 2.45) is 0 Å². The SMILES string of the molecule is Cc1cccc(-c2ccccc2)c1-c1cc2c3cc4ccccc4cc3n3c2c(c1)n1c2cc4ccccc4cc2nc13. The minimum absolute atomic E-state index is 0.959. The summed E-state index contributed by atoms with van der Waals surface area (Å²) in [7, 11) is 0. The number of fused-ring (bicyclic) bond motifs is 10. The fourth-order valence-electron chi connectivity index (χ4n) is 7.38. The van der Waals surface area contributed by atoms with Gasteiger partial charge in [-0.05, 0) is 92.7 Å². The average molecular weight is 548 g/mol. The number of hydrogen-bond acceptors (Lipinski definition) is 1. The van der Waals surface area contributed by atoms with Crippen LogP contribution in [-0.4, -0.2) is 13.8 Å². The molecule has 3 heterocycles. The van der Waals surface area contributed by atoms with E-state index < -0.39 is 0 Å². The van der Waals surface area contributed by atoms with E-state index in [9.17, 15) is 0 Å². The van der Waals surface area contributed by atoms with Crippen molar-refractivity contribution in [3.8, 4) is 22.3 Å². The van der Waals surface area contributed by atoms with Gasteiger partial charge in [-0.1, -0.05) is 97.1 Å². The smallest absolute Gasteiger partial charge is 0.220 e. The van der Waals surface area contributed by atoms with Gasteiger partial charge >= 0.3 is 0 Å². The molecule has 3 heteroatoms. The molecule has 7 aromatic carbocycles. The molecule has 3 aromatic heterocycles. The molecule has 200 valence electrons. The highest BCUT2D eigenvalue weighted by Crippen LogP contribution is 2.43. The van der Waals surface area contributed by atoms with Crippen molar-refractivity contribution in [1.29, 1.82) is 0 Å². The van der Waals surface area contributed by atoms with Gasteiger partial charge in [0, 0.05) is 10.8 Å². The Kier molecular flexibility index (Phi) is 4.38. The largest absolute Gasteiger partial charge is 0.277 e. The van der Waals surface area contributed by atoms with Gasteiger partial charge in [-0.2, -0.15) is 0 Å². The summed E-state index contributed by atoms with van der Waals surface area (Å²) < 4.78 is 4.76. The molecule has 0 atom stereocenters. The molecule has 10 rings (SSSR count). The molecule has 0 aliphatic heterocycles. The van der Waals surface area contributed by atoms with Crippen LogP contribution in [0.5, 0.6) is 0 Å².